The minimum Gasteiger partial charge on any atom is -0.462 e. The molecule has 94 heavy (non-hydrogen) atoms. The van der Waals surface area contributed by atoms with Gasteiger partial charge < -0.3 is 18.9 Å². The van der Waals surface area contributed by atoms with E-state index in [2.05, 4.69) is 111 Å². The van der Waals surface area contributed by atoms with Gasteiger partial charge in [-0.2, -0.15) is 0 Å². The van der Waals surface area contributed by atoms with Crippen LogP contribution < -0.4 is 0 Å². The van der Waals surface area contributed by atoms with Gasteiger partial charge in [-0.3, -0.25) is 18.6 Å². The Kier molecular flexibility index (Phi) is 71.7. The minimum atomic E-state index is -4.40. The van der Waals surface area contributed by atoms with Gasteiger partial charge in [0.15, 0.2) is 6.10 Å². The van der Waals surface area contributed by atoms with E-state index in [0.29, 0.717) is 23.9 Å². The number of esters is 2. The Labute approximate surface area is 583 Å². The van der Waals surface area contributed by atoms with Crippen LogP contribution in [0.2, 0.25) is 0 Å². The molecule has 0 rings (SSSR count). The lowest BCUT2D eigenvalue weighted by atomic mass is 10.0. The SMILES string of the molecule is CC/C=C\C/C=C\C/C=C\C/C=C\C/C=C\C/C=C\C/C=C\C/C=C\CCCCCCCCCCCCCCC(=O)OC(COC(=O)CCCCCCCCCCCCCCCCCCCCCCCCCCCCCCCCCCC)COP(=O)(O)OCC[N+](C)(C)C. The van der Waals surface area contributed by atoms with Crippen molar-refractivity contribution in [2.45, 2.75) is 380 Å². The number of quaternary nitrogens is 1. The molecule has 0 fully saturated rings. The molecular weight excluding hydrogens is 1180 g/mol. The zero-order valence-corrected chi connectivity index (χ0v) is 63.3. The number of carbonyl (C=O) groups is 2. The number of carbonyl (C=O) groups excluding carboxylic acids is 2. The number of nitrogens with zero attached hydrogens (tertiary/aromatic N) is 1. The summed E-state index contributed by atoms with van der Waals surface area (Å²) < 4.78 is 34.8. The molecule has 546 valence electrons. The van der Waals surface area contributed by atoms with Gasteiger partial charge in [-0.1, -0.05) is 381 Å². The normalized spacial score (nSPS) is 13.6. The van der Waals surface area contributed by atoms with Crippen molar-refractivity contribution in [3.8, 4) is 0 Å². The Bertz CT molecular complexity index is 1910. The summed E-state index contributed by atoms with van der Waals surface area (Å²) in [6.45, 7) is 4.37. The summed E-state index contributed by atoms with van der Waals surface area (Å²) in [5, 5.41) is 0. The van der Waals surface area contributed by atoms with Gasteiger partial charge >= 0.3 is 19.8 Å². The van der Waals surface area contributed by atoms with Crippen LogP contribution in [0.3, 0.4) is 0 Å². The molecule has 2 unspecified atom stereocenters. The van der Waals surface area contributed by atoms with Crippen molar-refractivity contribution in [2.75, 3.05) is 47.5 Å². The van der Waals surface area contributed by atoms with E-state index >= 15 is 0 Å². The fraction of sp³-hybridized carbons (Fsp3) is 0.786. The summed E-state index contributed by atoms with van der Waals surface area (Å²) in [4.78, 5) is 36.0. The Balaban J connectivity index is 3.98. The standard InChI is InChI=1S/C84H152NO8P/c1-6-8-10-12-14-16-18-20-22-24-26-28-30-32-34-36-38-40-41-42-43-45-47-49-51-53-55-57-59-61-63-65-67-69-71-73-75-77-84(87)93-82(81-92-94(88,89)91-79-78-85(3,4)5)80-90-83(86)76-74-72-70-68-66-64-62-60-58-56-54-52-50-48-46-44-39-37-35-33-31-29-27-25-23-21-19-17-15-13-11-9-7-2/h8,10,14,16,20,22,26,28,32,34,38,40,42-43,47,49,82H,6-7,9,11-13,15,17-19,21,23-25,27,29-31,33,35-37,39,41,44-46,48,50-81H2,1-5H3/p+1/b10-8-,16-14-,22-20-,28-26-,34-32-,40-38-,43-42-,49-47-. The predicted molar refractivity (Wildman–Crippen MR) is 408 cm³/mol. The second kappa shape index (κ2) is 74.2. The highest BCUT2D eigenvalue weighted by Crippen LogP contribution is 2.43. The van der Waals surface area contributed by atoms with Crippen molar-refractivity contribution in [2.24, 2.45) is 0 Å². The maximum absolute atomic E-state index is 12.9. The van der Waals surface area contributed by atoms with E-state index < -0.39 is 26.5 Å². The average Bonchev–Trinajstić information content (AvgIpc) is 1.56. The zero-order chi connectivity index (χ0) is 68.3. The van der Waals surface area contributed by atoms with Crippen LogP contribution in [0.15, 0.2) is 97.2 Å². The molecule has 0 aromatic heterocycles. The highest BCUT2D eigenvalue weighted by atomic mass is 31.2. The van der Waals surface area contributed by atoms with E-state index in [1.807, 2.05) is 21.1 Å². The monoisotopic (exact) mass is 1340 g/mol. The minimum absolute atomic E-state index is 0.0300. The number of phosphoric acid groups is 1. The highest BCUT2D eigenvalue weighted by molar-refractivity contribution is 7.47. The fourth-order valence-electron chi connectivity index (χ4n) is 11.6. The molecule has 0 aliphatic carbocycles. The molecule has 2 atom stereocenters. The molecule has 0 spiro atoms. The first-order valence-electron chi connectivity index (χ1n) is 40.0. The second-order valence-electron chi connectivity index (χ2n) is 28.1. The lowest BCUT2D eigenvalue weighted by Gasteiger charge is -2.24. The molecule has 9 nitrogen and oxygen atoms in total. The molecule has 0 saturated heterocycles. The summed E-state index contributed by atoms with van der Waals surface area (Å²) in [6, 6.07) is 0. The van der Waals surface area contributed by atoms with Gasteiger partial charge in [0.25, 0.3) is 0 Å². The van der Waals surface area contributed by atoms with Crippen LogP contribution in [0.5, 0.6) is 0 Å². The predicted octanol–water partition coefficient (Wildman–Crippen LogP) is 26.6. The molecule has 0 aliphatic heterocycles. The lowest BCUT2D eigenvalue weighted by Crippen LogP contribution is -2.37. The van der Waals surface area contributed by atoms with Crippen molar-refractivity contribution < 1.29 is 42.1 Å². The first-order valence-corrected chi connectivity index (χ1v) is 41.5. The summed E-state index contributed by atoms with van der Waals surface area (Å²) in [5.41, 5.74) is 0. The Morgan fingerprint density at radius 3 is 0.904 bits per heavy atom. The highest BCUT2D eigenvalue weighted by Gasteiger charge is 2.27. The Morgan fingerprint density at radius 1 is 0.340 bits per heavy atom. The molecule has 0 aliphatic rings. The van der Waals surface area contributed by atoms with Crippen LogP contribution in [0, 0.1) is 0 Å². The summed E-state index contributed by atoms with van der Waals surface area (Å²) in [5.74, 6) is -0.786. The molecule has 0 amide bonds. The zero-order valence-electron chi connectivity index (χ0n) is 62.4. The first kappa shape index (κ1) is 90.9. The van der Waals surface area contributed by atoms with Crippen LogP contribution in [0.1, 0.15) is 373 Å². The molecule has 1 N–H and O–H groups in total. The number of unbranched alkanes of at least 4 members (excludes halogenated alkanes) is 44. The Hall–Kier alpha value is -3.07. The van der Waals surface area contributed by atoms with Crippen LogP contribution in [-0.4, -0.2) is 74.9 Å². The third-order valence-corrected chi connectivity index (χ3v) is 18.6. The maximum atomic E-state index is 12.9. The van der Waals surface area contributed by atoms with Crippen LogP contribution >= 0.6 is 7.82 Å². The number of hydrogen-bond acceptors (Lipinski definition) is 7. The molecular formula is C84H153NO8P+. The van der Waals surface area contributed by atoms with Crippen LogP contribution in [-0.2, 0) is 32.7 Å². The van der Waals surface area contributed by atoms with Gasteiger partial charge in [0.05, 0.1) is 27.7 Å². The smallest absolute Gasteiger partial charge is 0.462 e. The summed E-state index contributed by atoms with van der Waals surface area (Å²) in [6.07, 6.45) is 104. The average molecular weight is 1340 g/mol. The lowest BCUT2D eigenvalue weighted by molar-refractivity contribution is -0.870. The van der Waals surface area contributed by atoms with Crippen molar-refractivity contribution in [1.82, 2.24) is 0 Å². The quantitative estimate of drug-likeness (QED) is 0.0211. The van der Waals surface area contributed by atoms with E-state index in [1.165, 1.54) is 250 Å². The number of phosphoric ester groups is 1. The topological polar surface area (TPSA) is 108 Å². The molecule has 0 saturated carbocycles. The fourth-order valence-corrected chi connectivity index (χ4v) is 12.3. The van der Waals surface area contributed by atoms with Gasteiger partial charge in [0.1, 0.15) is 19.8 Å². The molecule has 0 heterocycles. The van der Waals surface area contributed by atoms with Gasteiger partial charge in [-0.25, -0.2) is 4.57 Å². The molecule has 0 radical (unpaired) electrons. The first-order chi connectivity index (χ1) is 46.0. The molecule has 0 aromatic rings. The van der Waals surface area contributed by atoms with Crippen LogP contribution in [0.4, 0.5) is 0 Å². The van der Waals surface area contributed by atoms with Crippen molar-refractivity contribution in [1.29, 1.82) is 0 Å². The van der Waals surface area contributed by atoms with Gasteiger partial charge in [-0.05, 0) is 77.0 Å². The third-order valence-electron chi connectivity index (χ3n) is 17.6. The largest absolute Gasteiger partial charge is 0.472 e. The molecule has 0 bridgehead atoms. The second-order valence-corrected chi connectivity index (χ2v) is 29.5. The summed E-state index contributed by atoms with van der Waals surface area (Å²) >= 11 is 0. The number of ether oxygens (including phenoxy) is 2. The summed E-state index contributed by atoms with van der Waals surface area (Å²) in [7, 11) is 1.48. The molecule has 0 aromatic carbocycles. The number of hydrogen-bond donors (Lipinski definition) is 1. The Morgan fingerprint density at radius 2 is 0.606 bits per heavy atom. The van der Waals surface area contributed by atoms with Crippen molar-refractivity contribution in [3.63, 3.8) is 0 Å². The van der Waals surface area contributed by atoms with Crippen molar-refractivity contribution >= 4 is 19.8 Å². The van der Waals surface area contributed by atoms with E-state index in [9.17, 15) is 19.0 Å². The third kappa shape index (κ3) is 77.9. The molecule has 10 heteroatoms. The van der Waals surface area contributed by atoms with E-state index in [-0.39, 0.29) is 25.6 Å². The van der Waals surface area contributed by atoms with Crippen molar-refractivity contribution in [3.05, 3.63) is 97.2 Å². The van der Waals surface area contributed by atoms with E-state index in [1.54, 1.807) is 0 Å². The van der Waals surface area contributed by atoms with Crippen LogP contribution in [0.25, 0.3) is 0 Å². The number of rotatable bonds is 74. The van der Waals surface area contributed by atoms with Gasteiger partial charge in [0.2, 0.25) is 0 Å². The number of allylic oxidation sites excluding steroid dienone is 16. The van der Waals surface area contributed by atoms with E-state index in [0.717, 1.165) is 89.9 Å². The van der Waals surface area contributed by atoms with E-state index in [4.69, 9.17) is 18.5 Å². The van der Waals surface area contributed by atoms with Gasteiger partial charge in [-0.15, -0.1) is 0 Å². The van der Waals surface area contributed by atoms with Gasteiger partial charge in [0, 0.05) is 12.8 Å². The maximum Gasteiger partial charge on any atom is 0.472 e. The number of likely N-dealkylation sites (N-methyl/N-ethyl adjacent to an activating group) is 1.